The van der Waals surface area contributed by atoms with Crippen LogP contribution in [-0.2, 0) is 6.42 Å². The minimum absolute atomic E-state index is 0.403. The van der Waals surface area contributed by atoms with E-state index >= 15 is 0 Å². The number of halogens is 2. The Kier molecular flexibility index (Phi) is 4.55. The topological polar surface area (TPSA) is 37.8 Å². The van der Waals surface area contributed by atoms with Gasteiger partial charge in [0.1, 0.15) is 17.3 Å². The van der Waals surface area contributed by atoms with Gasteiger partial charge in [-0.2, -0.15) is 0 Å². The van der Waals surface area contributed by atoms with Crippen LogP contribution in [0.5, 0.6) is 0 Å². The standard InChI is InChI=1S/C13H13BrClN3/c1-2-5-9-6-3-4-7-10(9)18-13-11(14)12(15)16-8-17-13/h3-4,6-8H,2,5H2,1H3,(H,16,17,18). The highest BCUT2D eigenvalue weighted by Gasteiger charge is 2.08. The molecule has 0 saturated carbocycles. The van der Waals surface area contributed by atoms with Crippen LogP contribution in [-0.4, -0.2) is 9.97 Å². The first-order valence-electron chi connectivity index (χ1n) is 5.73. The lowest BCUT2D eigenvalue weighted by Gasteiger charge is -2.12. The van der Waals surface area contributed by atoms with Crippen LogP contribution in [0.1, 0.15) is 18.9 Å². The van der Waals surface area contributed by atoms with E-state index in [0.717, 1.165) is 18.5 Å². The first kappa shape index (κ1) is 13.3. The van der Waals surface area contributed by atoms with Gasteiger partial charge >= 0.3 is 0 Å². The number of aryl methyl sites for hydroxylation is 1. The van der Waals surface area contributed by atoms with E-state index in [4.69, 9.17) is 11.6 Å². The van der Waals surface area contributed by atoms with E-state index in [2.05, 4.69) is 44.2 Å². The molecule has 0 aliphatic carbocycles. The molecule has 0 aliphatic rings. The van der Waals surface area contributed by atoms with Gasteiger partial charge in [-0.15, -0.1) is 0 Å². The predicted octanol–water partition coefficient (Wildman–Crippen LogP) is 4.59. The molecule has 1 N–H and O–H groups in total. The second kappa shape index (κ2) is 6.16. The Morgan fingerprint density at radius 2 is 2.06 bits per heavy atom. The molecular formula is C13H13BrClN3. The third kappa shape index (κ3) is 3.00. The molecular weight excluding hydrogens is 314 g/mol. The van der Waals surface area contributed by atoms with Gasteiger partial charge in [0, 0.05) is 5.69 Å². The van der Waals surface area contributed by atoms with E-state index in [1.807, 2.05) is 18.2 Å². The van der Waals surface area contributed by atoms with E-state index in [9.17, 15) is 0 Å². The molecule has 0 amide bonds. The lowest BCUT2D eigenvalue weighted by atomic mass is 10.1. The lowest BCUT2D eigenvalue weighted by molar-refractivity contribution is 0.923. The lowest BCUT2D eigenvalue weighted by Crippen LogP contribution is -1.99. The number of benzene rings is 1. The van der Waals surface area contributed by atoms with Crippen molar-refractivity contribution in [3.05, 3.63) is 45.8 Å². The van der Waals surface area contributed by atoms with Crippen molar-refractivity contribution < 1.29 is 0 Å². The average Bonchev–Trinajstić information content (AvgIpc) is 2.37. The van der Waals surface area contributed by atoms with Crippen molar-refractivity contribution in [2.24, 2.45) is 0 Å². The van der Waals surface area contributed by atoms with Gasteiger partial charge < -0.3 is 5.32 Å². The number of nitrogens with zero attached hydrogens (tertiary/aromatic N) is 2. The number of hydrogen-bond donors (Lipinski definition) is 1. The van der Waals surface area contributed by atoms with Crippen molar-refractivity contribution in [1.82, 2.24) is 9.97 Å². The van der Waals surface area contributed by atoms with E-state index in [0.29, 0.717) is 15.4 Å². The number of nitrogens with one attached hydrogen (secondary N) is 1. The first-order chi connectivity index (χ1) is 8.72. The number of hydrogen-bond acceptors (Lipinski definition) is 3. The number of para-hydroxylation sites is 1. The Balaban J connectivity index is 2.31. The molecule has 0 spiro atoms. The van der Waals surface area contributed by atoms with E-state index in [1.165, 1.54) is 11.9 Å². The largest absolute Gasteiger partial charge is 0.339 e. The maximum Gasteiger partial charge on any atom is 0.149 e. The summed E-state index contributed by atoms with van der Waals surface area (Å²) in [5, 5.41) is 3.69. The van der Waals surface area contributed by atoms with E-state index in [-0.39, 0.29) is 0 Å². The van der Waals surface area contributed by atoms with Crippen LogP contribution in [0.2, 0.25) is 5.15 Å². The van der Waals surface area contributed by atoms with Crippen LogP contribution in [0.15, 0.2) is 35.1 Å². The van der Waals surface area contributed by atoms with Gasteiger partial charge in [0.05, 0.1) is 4.47 Å². The second-order valence-corrected chi connectivity index (χ2v) is 5.01. The van der Waals surface area contributed by atoms with Crippen LogP contribution in [0.3, 0.4) is 0 Å². The molecule has 5 heteroatoms. The molecule has 2 rings (SSSR count). The van der Waals surface area contributed by atoms with Crippen molar-refractivity contribution in [3.8, 4) is 0 Å². The summed E-state index contributed by atoms with van der Waals surface area (Å²) < 4.78 is 0.679. The molecule has 0 unspecified atom stereocenters. The predicted molar refractivity (Wildman–Crippen MR) is 78.5 cm³/mol. The molecule has 1 aromatic carbocycles. The van der Waals surface area contributed by atoms with Crippen molar-refractivity contribution in [1.29, 1.82) is 0 Å². The summed E-state index contributed by atoms with van der Waals surface area (Å²) >= 11 is 9.32. The van der Waals surface area contributed by atoms with Gasteiger partial charge in [-0.1, -0.05) is 43.1 Å². The number of rotatable bonds is 4. The number of anilines is 2. The Morgan fingerprint density at radius 1 is 1.28 bits per heavy atom. The van der Waals surface area contributed by atoms with Crippen molar-refractivity contribution >= 4 is 39.0 Å². The minimum atomic E-state index is 0.403. The maximum absolute atomic E-state index is 5.94. The molecule has 2 aromatic rings. The third-order valence-electron chi connectivity index (χ3n) is 2.54. The van der Waals surface area contributed by atoms with Crippen LogP contribution in [0.25, 0.3) is 0 Å². The summed E-state index contributed by atoms with van der Waals surface area (Å²) in [7, 11) is 0. The van der Waals surface area contributed by atoms with Gasteiger partial charge in [-0.25, -0.2) is 9.97 Å². The molecule has 1 heterocycles. The fraction of sp³-hybridized carbons (Fsp3) is 0.231. The Bertz CT molecular complexity index is 546. The summed E-state index contributed by atoms with van der Waals surface area (Å²) in [6.45, 7) is 2.16. The van der Waals surface area contributed by atoms with Gasteiger partial charge in [0.25, 0.3) is 0 Å². The zero-order valence-corrected chi connectivity index (χ0v) is 12.3. The molecule has 0 bridgehead atoms. The monoisotopic (exact) mass is 325 g/mol. The highest BCUT2D eigenvalue weighted by Crippen LogP contribution is 2.29. The normalized spacial score (nSPS) is 10.4. The second-order valence-electron chi connectivity index (χ2n) is 3.86. The summed E-state index contributed by atoms with van der Waals surface area (Å²) in [6.07, 6.45) is 3.57. The van der Waals surface area contributed by atoms with Gasteiger partial charge in [0.15, 0.2) is 0 Å². The fourth-order valence-electron chi connectivity index (χ4n) is 1.69. The Morgan fingerprint density at radius 3 is 2.83 bits per heavy atom. The smallest absolute Gasteiger partial charge is 0.149 e. The fourth-order valence-corrected chi connectivity index (χ4v) is 2.13. The zero-order chi connectivity index (χ0) is 13.0. The maximum atomic E-state index is 5.94. The molecule has 18 heavy (non-hydrogen) atoms. The van der Waals surface area contributed by atoms with Crippen LogP contribution >= 0.6 is 27.5 Å². The van der Waals surface area contributed by atoms with Gasteiger partial charge in [-0.05, 0) is 34.0 Å². The van der Waals surface area contributed by atoms with Gasteiger partial charge in [-0.3, -0.25) is 0 Å². The molecule has 0 atom stereocenters. The van der Waals surface area contributed by atoms with Crippen molar-refractivity contribution in [3.63, 3.8) is 0 Å². The number of aromatic nitrogens is 2. The van der Waals surface area contributed by atoms with Gasteiger partial charge in [0.2, 0.25) is 0 Å². The molecule has 1 aromatic heterocycles. The Hall–Kier alpha value is -1.13. The summed E-state index contributed by atoms with van der Waals surface area (Å²) in [5.74, 6) is 0.679. The van der Waals surface area contributed by atoms with Crippen LogP contribution in [0, 0.1) is 0 Å². The highest BCUT2D eigenvalue weighted by atomic mass is 79.9. The Labute approximate surface area is 120 Å². The molecule has 3 nitrogen and oxygen atoms in total. The zero-order valence-electron chi connectivity index (χ0n) is 9.95. The van der Waals surface area contributed by atoms with Crippen LogP contribution < -0.4 is 5.32 Å². The molecule has 0 radical (unpaired) electrons. The average molecular weight is 327 g/mol. The van der Waals surface area contributed by atoms with Crippen molar-refractivity contribution in [2.75, 3.05) is 5.32 Å². The molecule has 0 fully saturated rings. The highest BCUT2D eigenvalue weighted by molar-refractivity contribution is 9.10. The third-order valence-corrected chi connectivity index (χ3v) is 3.80. The van der Waals surface area contributed by atoms with E-state index in [1.54, 1.807) is 0 Å². The van der Waals surface area contributed by atoms with Crippen LogP contribution in [0.4, 0.5) is 11.5 Å². The molecule has 0 aliphatic heterocycles. The molecule has 0 saturated heterocycles. The first-order valence-corrected chi connectivity index (χ1v) is 6.90. The van der Waals surface area contributed by atoms with Crippen molar-refractivity contribution in [2.45, 2.75) is 19.8 Å². The van der Waals surface area contributed by atoms with E-state index < -0.39 is 0 Å². The summed E-state index contributed by atoms with van der Waals surface area (Å²) in [4.78, 5) is 8.09. The summed E-state index contributed by atoms with van der Waals surface area (Å²) in [6, 6.07) is 8.19. The quantitative estimate of drug-likeness (QED) is 0.835. The SMILES string of the molecule is CCCc1ccccc1Nc1ncnc(Cl)c1Br. The minimum Gasteiger partial charge on any atom is -0.339 e. The molecule has 94 valence electrons. The summed E-state index contributed by atoms with van der Waals surface area (Å²) in [5.41, 5.74) is 2.32.